The molecule has 0 aliphatic carbocycles. The van der Waals surface area contributed by atoms with E-state index in [1.165, 1.54) is 30.5 Å². The number of carbonyl (C=O) groups excluding carboxylic acids is 6. The van der Waals surface area contributed by atoms with E-state index in [4.69, 9.17) is 0 Å². The van der Waals surface area contributed by atoms with Gasteiger partial charge in [-0.15, -0.1) is 0 Å². The lowest BCUT2D eigenvalue weighted by atomic mass is 10.0. The van der Waals surface area contributed by atoms with E-state index < -0.39 is 78.8 Å². The fourth-order valence-corrected chi connectivity index (χ4v) is 5.59. The Kier molecular flexibility index (Phi) is 11.4. The average Bonchev–Trinajstić information content (AvgIpc) is 3.46. The van der Waals surface area contributed by atoms with Crippen LogP contribution in [0.15, 0.2) is 48.9 Å². The number of hydrogen-bond acceptors (Lipinski definition) is 9. The molecule has 0 bridgehead atoms. The van der Waals surface area contributed by atoms with Crippen LogP contribution in [0, 0.1) is 5.92 Å². The molecule has 2 aromatic rings. The molecule has 1 aromatic heterocycles. The zero-order valence-corrected chi connectivity index (χ0v) is 26.0. The number of rotatable bonds is 7. The van der Waals surface area contributed by atoms with Crippen molar-refractivity contribution in [3.8, 4) is 0 Å². The molecule has 15 nitrogen and oxygen atoms in total. The molecule has 46 heavy (non-hydrogen) atoms. The van der Waals surface area contributed by atoms with Crippen LogP contribution in [0.4, 0.5) is 0 Å². The predicted octanol–water partition coefficient (Wildman–Crippen LogP) is -1.62. The fraction of sp³-hybridized carbons (Fsp3) is 0.484. The van der Waals surface area contributed by atoms with Gasteiger partial charge in [0.05, 0.1) is 19.3 Å². The molecule has 5 atom stereocenters. The lowest BCUT2D eigenvalue weighted by molar-refractivity contribution is -0.143. The number of likely N-dealkylation sites (N-methyl/N-ethyl adjacent to an activating group) is 1. The summed E-state index contributed by atoms with van der Waals surface area (Å²) in [6, 6.07) is 3.57. The maximum absolute atomic E-state index is 14.3. The molecule has 2 aliphatic rings. The Balaban J connectivity index is 1.71. The molecule has 0 spiro atoms. The number of amides is 6. The Morgan fingerprint density at radius 1 is 0.978 bits per heavy atom. The Labute approximate surface area is 266 Å². The summed E-state index contributed by atoms with van der Waals surface area (Å²) in [7, 11) is 1.34. The lowest BCUT2D eigenvalue weighted by Crippen LogP contribution is -2.58. The van der Waals surface area contributed by atoms with E-state index in [0.717, 1.165) is 10.5 Å². The van der Waals surface area contributed by atoms with E-state index in [0.29, 0.717) is 0 Å². The van der Waals surface area contributed by atoms with Crippen molar-refractivity contribution < 1.29 is 33.9 Å². The van der Waals surface area contributed by atoms with E-state index >= 15 is 0 Å². The van der Waals surface area contributed by atoms with Crippen LogP contribution < -0.4 is 21.3 Å². The zero-order valence-electron chi connectivity index (χ0n) is 26.0. The van der Waals surface area contributed by atoms with Gasteiger partial charge in [-0.3, -0.25) is 33.8 Å². The van der Waals surface area contributed by atoms with Gasteiger partial charge in [0, 0.05) is 38.4 Å². The van der Waals surface area contributed by atoms with Gasteiger partial charge in [-0.05, 0) is 24.3 Å². The van der Waals surface area contributed by atoms with Crippen molar-refractivity contribution in [3.63, 3.8) is 0 Å². The average molecular weight is 637 g/mol. The largest absolute Gasteiger partial charge is 0.394 e. The Bertz CT molecular complexity index is 1420. The van der Waals surface area contributed by atoms with E-state index in [2.05, 4.69) is 31.2 Å². The summed E-state index contributed by atoms with van der Waals surface area (Å²) in [6.07, 6.45) is 4.38. The first-order valence-electron chi connectivity index (χ1n) is 15.1. The highest BCUT2D eigenvalue weighted by Gasteiger charge is 2.44. The third-order valence-corrected chi connectivity index (χ3v) is 7.83. The van der Waals surface area contributed by atoms with Crippen LogP contribution >= 0.6 is 0 Å². The molecule has 6 amide bonds. The molecule has 2 aliphatic heterocycles. The van der Waals surface area contributed by atoms with Gasteiger partial charge in [0.2, 0.25) is 29.5 Å². The first-order chi connectivity index (χ1) is 22.0. The molecule has 0 saturated carbocycles. The van der Waals surface area contributed by atoms with Crippen LogP contribution in [0.2, 0.25) is 0 Å². The number of aliphatic hydroxyl groups excluding tert-OH is 1. The fourth-order valence-electron chi connectivity index (χ4n) is 5.59. The number of aromatic nitrogens is 2. The Morgan fingerprint density at radius 2 is 1.70 bits per heavy atom. The van der Waals surface area contributed by atoms with Crippen molar-refractivity contribution in [2.45, 2.75) is 63.3 Å². The predicted molar refractivity (Wildman–Crippen MR) is 164 cm³/mol. The summed E-state index contributed by atoms with van der Waals surface area (Å²) in [4.78, 5) is 90.9. The summed E-state index contributed by atoms with van der Waals surface area (Å²) in [5.41, 5.74) is 0.785. The number of benzene rings is 1. The van der Waals surface area contributed by atoms with Crippen molar-refractivity contribution in [2.75, 3.05) is 26.7 Å². The van der Waals surface area contributed by atoms with Gasteiger partial charge in [0.25, 0.3) is 5.91 Å². The number of nitrogens with zero attached hydrogens (tertiary/aromatic N) is 4. The van der Waals surface area contributed by atoms with Crippen molar-refractivity contribution in [3.05, 3.63) is 60.2 Å². The molecule has 1 aromatic carbocycles. The van der Waals surface area contributed by atoms with Gasteiger partial charge in [-0.1, -0.05) is 44.2 Å². The minimum atomic E-state index is -1.41. The second-order valence-corrected chi connectivity index (χ2v) is 11.9. The highest BCUT2D eigenvalue weighted by atomic mass is 16.3. The van der Waals surface area contributed by atoms with Crippen LogP contribution in [0.1, 0.15) is 42.7 Å². The number of aliphatic hydroxyl groups is 1. The summed E-state index contributed by atoms with van der Waals surface area (Å²) >= 11 is 0. The maximum atomic E-state index is 14.3. The number of carbonyl (C=O) groups is 6. The highest BCUT2D eigenvalue weighted by Crippen LogP contribution is 2.22. The number of nitrogens with one attached hydrogen (secondary N) is 4. The van der Waals surface area contributed by atoms with Gasteiger partial charge in [-0.25, -0.2) is 4.98 Å². The smallest absolute Gasteiger partial charge is 0.271 e. The summed E-state index contributed by atoms with van der Waals surface area (Å²) in [5.74, 6) is -3.86. The standard InChI is InChI=1S/C31H40N8O7/c1-18(2)11-21-27(42)36-22(12-19-7-5-4-6-8-19)31(46)39-15-20(34-28(43)23-14-32-9-10-33-23)13-25(39)29(44)37-24(17-40)30(45)38(3)16-26(41)35-21/h4-10,14,18,20-22,24-25,40H,11-13,15-17H2,1-3H3,(H,34,43)(H,35,41)(H,36,42)(H,37,44)/t20-,21-,22-,24-,25-/m0/s1. The molecule has 3 heterocycles. The maximum Gasteiger partial charge on any atom is 0.271 e. The number of fused-ring (bicyclic) bond motifs is 1. The second-order valence-electron chi connectivity index (χ2n) is 11.9. The van der Waals surface area contributed by atoms with E-state index in [1.54, 1.807) is 24.3 Å². The lowest BCUT2D eigenvalue weighted by Gasteiger charge is -2.30. The summed E-state index contributed by atoms with van der Waals surface area (Å²) in [5, 5.41) is 20.8. The molecule has 2 fully saturated rings. The van der Waals surface area contributed by atoms with E-state index in [1.807, 2.05) is 19.9 Å². The molecule has 15 heteroatoms. The van der Waals surface area contributed by atoms with Crippen molar-refractivity contribution >= 4 is 35.4 Å². The van der Waals surface area contributed by atoms with Gasteiger partial charge < -0.3 is 36.2 Å². The minimum Gasteiger partial charge on any atom is -0.394 e. The van der Waals surface area contributed by atoms with Crippen molar-refractivity contribution in [2.24, 2.45) is 5.92 Å². The van der Waals surface area contributed by atoms with Crippen LogP contribution in [-0.2, 0) is 30.4 Å². The van der Waals surface area contributed by atoms with Crippen LogP contribution in [-0.4, -0.2) is 117 Å². The van der Waals surface area contributed by atoms with Gasteiger partial charge >= 0.3 is 0 Å². The molecule has 4 rings (SSSR count). The first kappa shape index (κ1) is 34.0. The third kappa shape index (κ3) is 8.62. The van der Waals surface area contributed by atoms with Crippen molar-refractivity contribution in [1.29, 1.82) is 0 Å². The highest BCUT2D eigenvalue weighted by molar-refractivity contribution is 5.98. The monoisotopic (exact) mass is 636 g/mol. The minimum absolute atomic E-state index is 0.0111. The molecule has 246 valence electrons. The molecule has 0 radical (unpaired) electrons. The van der Waals surface area contributed by atoms with Gasteiger partial charge in [0.15, 0.2) is 0 Å². The molecule has 0 unspecified atom stereocenters. The molecule has 2 saturated heterocycles. The first-order valence-corrected chi connectivity index (χ1v) is 15.1. The Hall–Kier alpha value is -4.92. The van der Waals surface area contributed by atoms with E-state index in [9.17, 15) is 33.9 Å². The third-order valence-electron chi connectivity index (χ3n) is 7.83. The van der Waals surface area contributed by atoms with Gasteiger partial charge in [0.1, 0.15) is 29.9 Å². The quantitative estimate of drug-likeness (QED) is 0.237. The zero-order chi connectivity index (χ0) is 33.4. The van der Waals surface area contributed by atoms with E-state index in [-0.39, 0.29) is 37.4 Å². The second kappa shape index (κ2) is 15.4. The molecular weight excluding hydrogens is 596 g/mol. The van der Waals surface area contributed by atoms with Crippen LogP contribution in [0.5, 0.6) is 0 Å². The normalized spacial score (nSPS) is 24.8. The van der Waals surface area contributed by atoms with Crippen molar-refractivity contribution in [1.82, 2.24) is 41.0 Å². The Morgan fingerprint density at radius 3 is 2.35 bits per heavy atom. The molecule has 5 N–H and O–H groups in total. The summed E-state index contributed by atoms with van der Waals surface area (Å²) < 4.78 is 0. The van der Waals surface area contributed by atoms with Gasteiger partial charge in [-0.2, -0.15) is 0 Å². The topological polar surface area (TPSA) is 203 Å². The van der Waals surface area contributed by atoms with Crippen LogP contribution in [0.3, 0.4) is 0 Å². The number of hydrogen-bond donors (Lipinski definition) is 5. The SMILES string of the molecule is CC(C)C[C@@H]1NC(=O)CN(C)C(=O)[C@H](CO)NC(=O)[C@@H]2C[C@H](NC(=O)c3cnccn3)CN2C(=O)[C@H](Cc2ccccc2)NC1=O. The molecular formula is C31H40N8O7. The van der Waals surface area contributed by atoms with Crippen LogP contribution in [0.25, 0.3) is 0 Å². The summed E-state index contributed by atoms with van der Waals surface area (Å²) in [6.45, 7) is 2.46.